The summed E-state index contributed by atoms with van der Waals surface area (Å²) in [6.45, 7) is 3.12. The van der Waals surface area contributed by atoms with Crippen molar-refractivity contribution in [3.8, 4) is 0 Å². The maximum absolute atomic E-state index is 10.5. The molecule has 0 spiro atoms. The van der Waals surface area contributed by atoms with E-state index < -0.39 is 5.60 Å². The van der Waals surface area contributed by atoms with Gasteiger partial charge in [-0.25, -0.2) is 0 Å². The molecule has 0 heterocycles. The lowest BCUT2D eigenvalue weighted by molar-refractivity contribution is 0.00583. The van der Waals surface area contributed by atoms with E-state index in [0.29, 0.717) is 5.41 Å². The van der Waals surface area contributed by atoms with E-state index in [-0.39, 0.29) is 0 Å². The first-order chi connectivity index (χ1) is 8.58. The quantitative estimate of drug-likeness (QED) is 0.761. The number of rotatable bonds is 6. The Bertz CT molecular complexity index is 255. The zero-order chi connectivity index (χ0) is 13.1. The molecule has 0 amide bonds. The van der Waals surface area contributed by atoms with Gasteiger partial charge in [-0.15, -0.1) is 0 Å². The summed E-state index contributed by atoms with van der Waals surface area (Å²) in [5, 5.41) is 13.9. The van der Waals surface area contributed by atoms with Gasteiger partial charge in [0.1, 0.15) is 0 Å². The van der Waals surface area contributed by atoms with Crippen LogP contribution in [0.3, 0.4) is 0 Å². The highest BCUT2D eigenvalue weighted by atomic mass is 16.3. The van der Waals surface area contributed by atoms with Crippen LogP contribution in [0.4, 0.5) is 0 Å². The maximum atomic E-state index is 10.5. The molecule has 0 aromatic carbocycles. The smallest absolute Gasteiger partial charge is 0.0774 e. The molecule has 2 saturated carbocycles. The first-order valence-corrected chi connectivity index (χ1v) is 7.63. The molecule has 3 heteroatoms. The third-order valence-corrected chi connectivity index (χ3v) is 4.92. The number of nitrogens with one attached hydrogen (secondary N) is 1. The molecule has 2 aliphatic carbocycles. The second kappa shape index (κ2) is 5.89. The van der Waals surface area contributed by atoms with Crippen molar-refractivity contribution in [2.24, 2.45) is 5.41 Å². The summed E-state index contributed by atoms with van der Waals surface area (Å²) in [6, 6.07) is 0. The summed E-state index contributed by atoms with van der Waals surface area (Å²) >= 11 is 0. The Morgan fingerprint density at radius 3 is 2.11 bits per heavy atom. The maximum Gasteiger partial charge on any atom is 0.0774 e. The van der Waals surface area contributed by atoms with E-state index in [1.54, 1.807) is 0 Å². The predicted octanol–water partition coefficient (Wildman–Crippen LogP) is 2.00. The third-order valence-electron chi connectivity index (χ3n) is 4.92. The Balaban J connectivity index is 1.86. The molecule has 0 bridgehead atoms. The molecule has 106 valence electrons. The minimum absolute atomic E-state index is 0.395. The molecule has 2 N–H and O–H groups in total. The Morgan fingerprint density at radius 2 is 1.56 bits per heavy atom. The van der Waals surface area contributed by atoms with E-state index in [4.69, 9.17) is 0 Å². The average molecular weight is 254 g/mol. The molecule has 0 unspecified atom stereocenters. The normalized spacial score (nSPS) is 26.0. The number of aliphatic hydroxyl groups is 1. The van der Waals surface area contributed by atoms with Crippen molar-refractivity contribution in [3.05, 3.63) is 0 Å². The van der Waals surface area contributed by atoms with Crippen LogP contribution >= 0.6 is 0 Å². The Morgan fingerprint density at radius 1 is 1.00 bits per heavy atom. The van der Waals surface area contributed by atoms with Gasteiger partial charge in [0.15, 0.2) is 0 Å². The van der Waals surface area contributed by atoms with Gasteiger partial charge in [0, 0.05) is 19.6 Å². The van der Waals surface area contributed by atoms with Crippen molar-refractivity contribution in [2.45, 2.75) is 57.0 Å². The van der Waals surface area contributed by atoms with Gasteiger partial charge < -0.3 is 15.3 Å². The molecular weight excluding hydrogens is 224 g/mol. The number of hydrogen-bond donors (Lipinski definition) is 2. The zero-order valence-electron chi connectivity index (χ0n) is 12.2. The first kappa shape index (κ1) is 14.3. The molecule has 0 atom stereocenters. The van der Waals surface area contributed by atoms with Crippen LogP contribution in [0.15, 0.2) is 0 Å². The molecule has 0 saturated heterocycles. The van der Waals surface area contributed by atoms with Crippen LogP contribution in [0.1, 0.15) is 51.4 Å². The van der Waals surface area contributed by atoms with Crippen LogP contribution in [0.25, 0.3) is 0 Å². The van der Waals surface area contributed by atoms with Crippen molar-refractivity contribution in [2.75, 3.05) is 33.7 Å². The highest BCUT2D eigenvalue weighted by molar-refractivity contribution is 4.92. The molecule has 2 rings (SSSR count). The van der Waals surface area contributed by atoms with E-state index in [9.17, 15) is 5.11 Å². The van der Waals surface area contributed by atoms with E-state index in [1.807, 2.05) is 0 Å². The van der Waals surface area contributed by atoms with Crippen molar-refractivity contribution in [3.63, 3.8) is 0 Å². The van der Waals surface area contributed by atoms with E-state index in [1.165, 1.54) is 38.5 Å². The van der Waals surface area contributed by atoms with Gasteiger partial charge in [0.2, 0.25) is 0 Å². The van der Waals surface area contributed by atoms with Crippen molar-refractivity contribution in [1.82, 2.24) is 10.2 Å². The van der Waals surface area contributed by atoms with Crippen molar-refractivity contribution >= 4 is 0 Å². The van der Waals surface area contributed by atoms with Gasteiger partial charge in [-0.1, -0.05) is 25.7 Å². The monoisotopic (exact) mass is 254 g/mol. The highest BCUT2D eigenvalue weighted by Crippen LogP contribution is 2.39. The van der Waals surface area contributed by atoms with Gasteiger partial charge in [-0.2, -0.15) is 0 Å². The van der Waals surface area contributed by atoms with Crippen LogP contribution in [0.2, 0.25) is 0 Å². The van der Waals surface area contributed by atoms with Crippen LogP contribution in [-0.4, -0.2) is 49.3 Å². The fourth-order valence-electron chi connectivity index (χ4n) is 4.21. The zero-order valence-corrected chi connectivity index (χ0v) is 12.2. The Labute approximate surface area is 112 Å². The van der Waals surface area contributed by atoms with Gasteiger partial charge in [0.05, 0.1) is 5.60 Å². The molecule has 3 nitrogen and oxygen atoms in total. The minimum atomic E-state index is -0.395. The Kier molecular flexibility index (Phi) is 4.68. The topological polar surface area (TPSA) is 35.5 Å². The summed E-state index contributed by atoms with van der Waals surface area (Å²) in [7, 11) is 4.25. The number of hydrogen-bond acceptors (Lipinski definition) is 3. The first-order valence-electron chi connectivity index (χ1n) is 7.63. The van der Waals surface area contributed by atoms with Gasteiger partial charge in [-0.05, 0) is 45.2 Å². The summed E-state index contributed by atoms with van der Waals surface area (Å²) in [4.78, 5) is 2.38. The van der Waals surface area contributed by atoms with Gasteiger partial charge in [-0.3, -0.25) is 0 Å². The van der Waals surface area contributed by atoms with Crippen molar-refractivity contribution in [1.29, 1.82) is 0 Å². The van der Waals surface area contributed by atoms with E-state index >= 15 is 0 Å². The lowest BCUT2D eigenvalue weighted by atomic mass is 9.85. The summed E-state index contributed by atoms with van der Waals surface area (Å²) in [6.07, 6.45) is 9.83. The summed E-state index contributed by atoms with van der Waals surface area (Å²) in [5.74, 6) is 0. The largest absolute Gasteiger partial charge is 0.389 e. The standard InChI is InChI=1S/C15H30N2O/c1-16-11-14(7-3-4-8-14)12-17(2)13-15(18)9-5-6-10-15/h16,18H,3-13H2,1-2H3. The molecule has 0 radical (unpaired) electrons. The van der Waals surface area contributed by atoms with Crippen molar-refractivity contribution < 1.29 is 5.11 Å². The fraction of sp³-hybridized carbons (Fsp3) is 1.00. The van der Waals surface area contributed by atoms with E-state index in [0.717, 1.165) is 32.5 Å². The molecular formula is C15H30N2O. The van der Waals surface area contributed by atoms with Crippen LogP contribution < -0.4 is 5.32 Å². The SMILES string of the molecule is CNCC1(CN(C)CC2(O)CCCC2)CCCC1. The molecule has 0 aromatic rings. The van der Waals surface area contributed by atoms with E-state index in [2.05, 4.69) is 24.3 Å². The summed E-state index contributed by atoms with van der Waals surface area (Å²) < 4.78 is 0. The minimum Gasteiger partial charge on any atom is -0.389 e. The number of nitrogens with zero attached hydrogens (tertiary/aromatic N) is 1. The molecule has 18 heavy (non-hydrogen) atoms. The predicted molar refractivity (Wildman–Crippen MR) is 75.7 cm³/mol. The van der Waals surface area contributed by atoms with Crippen LogP contribution in [0, 0.1) is 5.41 Å². The number of likely N-dealkylation sites (N-methyl/N-ethyl adjacent to an activating group) is 1. The lowest BCUT2D eigenvalue weighted by Gasteiger charge is -2.36. The molecule has 0 aromatic heterocycles. The second-order valence-corrected chi connectivity index (χ2v) is 6.84. The lowest BCUT2D eigenvalue weighted by Crippen LogP contribution is -2.46. The Hall–Kier alpha value is -0.120. The van der Waals surface area contributed by atoms with Crippen LogP contribution in [0.5, 0.6) is 0 Å². The fourth-order valence-corrected chi connectivity index (χ4v) is 4.21. The molecule has 0 aliphatic heterocycles. The summed E-state index contributed by atoms with van der Waals surface area (Å²) in [5.41, 5.74) is 0.0622. The average Bonchev–Trinajstić information content (AvgIpc) is 2.89. The van der Waals surface area contributed by atoms with Gasteiger partial charge >= 0.3 is 0 Å². The molecule has 2 fully saturated rings. The highest BCUT2D eigenvalue weighted by Gasteiger charge is 2.37. The second-order valence-electron chi connectivity index (χ2n) is 6.84. The van der Waals surface area contributed by atoms with Crippen LogP contribution in [-0.2, 0) is 0 Å². The molecule has 2 aliphatic rings. The third kappa shape index (κ3) is 3.46. The van der Waals surface area contributed by atoms with Gasteiger partial charge in [0.25, 0.3) is 0 Å².